The summed E-state index contributed by atoms with van der Waals surface area (Å²) in [6.45, 7) is 1.12. The molecule has 0 unspecified atom stereocenters. The summed E-state index contributed by atoms with van der Waals surface area (Å²) >= 11 is 0. The van der Waals surface area contributed by atoms with Crippen LogP contribution in [0.1, 0.15) is 11.5 Å². The normalized spacial score (nSPS) is 14.5. The molecule has 1 aliphatic rings. The van der Waals surface area contributed by atoms with Crippen LogP contribution in [0.4, 0.5) is 18.0 Å². The van der Waals surface area contributed by atoms with E-state index in [0.717, 1.165) is 10.7 Å². The lowest BCUT2D eigenvalue weighted by atomic mass is 10.3. The van der Waals surface area contributed by atoms with E-state index in [-0.39, 0.29) is 29.5 Å². The molecule has 1 fully saturated rings. The molecule has 3 aromatic rings. The Bertz CT molecular complexity index is 984. The number of carbonyl (C=O) groups is 1. The van der Waals surface area contributed by atoms with Crippen LogP contribution in [0, 0.1) is 0 Å². The average Bonchev–Trinajstić information content (AvgIpc) is 3.39. The topological polar surface area (TPSA) is 86.3 Å². The van der Waals surface area contributed by atoms with Crippen LogP contribution in [0.3, 0.4) is 0 Å². The Labute approximate surface area is 156 Å². The van der Waals surface area contributed by atoms with Gasteiger partial charge in [-0.2, -0.15) is 23.3 Å². The number of hydrogen-bond donors (Lipinski definition) is 0. The van der Waals surface area contributed by atoms with Crippen molar-refractivity contribution in [1.82, 2.24) is 24.8 Å². The van der Waals surface area contributed by atoms with Gasteiger partial charge in [0.2, 0.25) is 0 Å². The van der Waals surface area contributed by atoms with Crippen molar-refractivity contribution in [2.24, 2.45) is 0 Å². The predicted octanol–water partition coefficient (Wildman–Crippen LogP) is 2.94. The number of amides is 1. The monoisotopic (exact) mass is 393 g/mol. The number of rotatable bonds is 5. The van der Waals surface area contributed by atoms with Crippen molar-refractivity contribution in [3.05, 3.63) is 47.9 Å². The predicted molar refractivity (Wildman–Crippen MR) is 88.5 cm³/mol. The first kappa shape index (κ1) is 18.0. The molecule has 28 heavy (non-hydrogen) atoms. The zero-order chi connectivity index (χ0) is 19.7. The van der Waals surface area contributed by atoms with E-state index in [2.05, 4.69) is 15.2 Å². The maximum atomic E-state index is 13.4. The number of para-hydroxylation sites is 1. The van der Waals surface area contributed by atoms with E-state index in [1.54, 1.807) is 18.2 Å². The number of alkyl halides is 3. The van der Waals surface area contributed by atoms with Gasteiger partial charge in [-0.1, -0.05) is 23.4 Å². The summed E-state index contributed by atoms with van der Waals surface area (Å²) in [4.78, 5) is 17.0. The fraction of sp³-hybridized carbons (Fsp3) is 0.294. The molecule has 8 nitrogen and oxygen atoms in total. The summed E-state index contributed by atoms with van der Waals surface area (Å²) in [6.07, 6.45) is -4.75. The van der Waals surface area contributed by atoms with Gasteiger partial charge in [-0.15, -0.1) is 0 Å². The van der Waals surface area contributed by atoms with Gasteiger partial charge in [0.15, 0.2) is 11.5 Å². The van der Waals surface area contributed by atoms with Crippen molar-refractivity contribution >= 4 is 6.09 Å². The summed E-state index contributed by atoms with van der Waals surface area (Å²) in [5, 5.41) is 7.75. The van der Waals surface area contributed by atoms with E-state index >= 15 is 0 Å². The lowest BCUT2D eigenvalue weighted by Crippen LogP contribution is -2.26. The van der Waals surface area contributed by atoms with Crippen LogP contribution in [0.2, 0.25) is 0 Å². The number of carbonyl (C=O) groups excluding carboxylic acids is 1. The van der Waals surface area contributed by atoms with Crippen molar-refractivity contribution in [3.63, 3.8) is 0 Å². The van der Waals surface area contributed by atoms with Crippen LogP contribution >= 0.6 is 0 Å². The van der Waals surface area contributed by atoms with E-state index in [9.17, 15) is 18.0 Å². The summed E-state index contributed by atoms with van der Waals surface area (Å²) in [5.41, 5.74) is -0.780. The highest BCUT2D eigenvalue weighted by Gasteiger charge is 2.37. The number of benzene rings is 1. The molecule has 0 N–H and O–H groups in total. The van der Waals surface area contributed by atoms with Gasteiger partial charge in [-0.25, -0.2) is 9.48 Å². The van der Waals surface area contributed by atoms with Crippen LogP contribution in [0.25, 0.3) is 17.3 Å². The fourth-order valence-corrected chi connectivity index (χ4v) is 2.78. The molecule has 4 rings (SSSR count). The lowest BCUT2D eigenvalue weighted by Gasteiger charge is -2.09. The number of halogens is 3. The zero-order valence-corrected chi connectivity index (χ0v) is 14.4. The highest BCUT2D eigenvalue weighted by Crippen LogP contribution is 2.33. The largest absolute Gasteiger partial charge is 0.448 e. The van der Waals surface area contributed by atoms with Gasteiger partial charge >= 0.3 is 12.3 Å². The van der Waals surface area contributed by atoms with Gasteiger partial charge in [-0.3, -0.25) is 0 Å². The van der Waals surface area contributed by atoms with Gasteiger partial charge in [0, 0.05) is 19.0 Å². The molecule has 3 heterocycles. The number of nitrogens with zero attached hydrogens (tertiary/aromatic N) is 5. The molecule has 146 valence electrons. The summed E-state index contributed by atoms with van der Waals surface area (Å²) in [6, 6.07) is 8.82. The van der Waals surface area contributed by atoms with Crippen LogP contribution in [-0.4, -0.2) is 50.6 Å². The average molecular weight is 393 g/mol. The molecule has 0 bridgehead atoms. The van der Waals surface area contributed by atoms with Crippen molar-refractivity contribution in [3.8, 4) is 17.3 Å². The molecule has 11 heteroatoms. The van der Waals surface area contributed by atoms with Crippen molar-refractivity contribution in [2.45, 2.75) is 12.6 Å². The highest BCUT2D eigenvalue weighted by molar-refractivity contribution is 5.69. The second-order valence-corrected chi connectivity index (χ2v) is 6.03. The van der Waals surface area contributed by atoms with Crippen LogP contribution in [0.5, 0.6) is 0 Å². The molecule has 1 saturated heterocycles. The zero-order valence-electron chi connectivity index (χ0n) is 14.4. The van der Waals surface area contributed by atoms with Crippen LogP contribution in [-0.2, 0) is 17.3 Å². The van der Waals surface area contributed by atoms with E-state index < -0.39 is 18.0 Å². The van der Waals surface area contributed by atoms with Gasteiger partial charge in [0.05, 0.1) is 12.2 Å². The summed E-state index contributed by atoms with van der Waals surface area (Å²) < 4.78 is 50.9. The minimum atomic E-state index is -4.61. The molecule has 0 aliphatic carbocycles. The Balaban J connectivity index is 1.59. The minimum Gasteiger partial charge on any atom is -0.448 e. The Morgan fingerprint density at radius 1 is 1.18 bits per heavy atom. The third kappa shape index (κ3) is 3.55. The van der Waals surface area contributed by atoms with Gasteiger partial charge in [0.25, 0.3) is 5.89 Å². The fourth-order valence-electron chi connectivity index (χ4n) is 2.78. The maximum Gasteiger partial charge on any atom is 0.433 e. The Kier molecular flexibility index (Phi) is 4.49. The molecular weight excluding hydrogens is 379 g/mol. The second kappa shape index (κ2) is 6.98. The number of ether oxygens (including phenoxy) is 1. The first-order valence-electron chi connectivity index (χ1n) is 8.39. The van der Waals surface area contributed by atoms with E-state index in [4.69, 9.17) is 9.26 Å². The molecule has 2 aromatic heterocycles. The Hall–Kier alpha value is -3.37. The van der Waals surface area contributed by atoms with Gasteiger partial charge < -0.3 is 14.2 Å². The second-order valence-electron chi connectivity index (χ2n) is 6.03. The molecule has 0 spiro atoms. The molecular formula is C17H14F3N5O3. The van der Waals surface area contributed by atoms with Crippen molar-refractivity contribution in [1.29, 1.82) is 0 Å². The maximum absolute atomic E-state index is 13.4. The first-order valence-corrected chi connectivity index (χ1v) is 8.39. The number of aromatic nitrogens is 4. The van der Waals surface area contributed by atoms with Gasteiger partial charge in [0.1, 0.15) is 12.3 Å². The molecule has 0 radical (unpaired) electrons. The first-order chi connectivity index (χ1) is 13.4. The third-order valence-electron chi connectivity index (χ3n) is 4.14. The van der Waals surface area contributed by atoms with E-state index in [0.29, 0.717) is 19.7 Å². The number of hydrogen-bond acceptors (Lipinski definition) is 6. The van der Waals surface area contributed by atoms with E-state index in [1.165, 1.54) is 17.0 Å². The molecule has 0 atom stereocenters. The summed E-state index contributed by atoms with van der Waals surface area (Å²) in [7, 11) is 0. The highest BCUT2D eigenvalue weighted by atomic mass is 19.4. The third-order valence-corrected chi connectivity index (χ3v) is 4.14. The quantitative estimate of drug-likeness (QED) is 0.663. The summed E-state index contributed by atoms with van der Waals surface area (Å²) in [5.74, 6) is 0.136. The van der Waals surface area contributed by atoms with E-state index in [1.807, 2.05) is 0 Å². The van der Waals surface area contributed by atoms with Crippen molar-refractivity contribution < 1.29 is 27.2 Å². The smallest absolute Gasteiger partial charge is 0.433 e. The SMILES string of the molecule is O=C1OCCN1CCc1noc(-c2cc(C(F)(F)F)n(-c3ccccc3)n2)n1. The molecule has 1 aliphatic heterocycles. The van der Waals surface area contributed by atoms with Crippen LogP contribution < -0.4 is 0 Å². The standard InChI is InChI=1S/C17H14F3N5O3/c18-17(19,20)13-10-12(22-25(13)11-4-2-1-3-5-11)15-21-14(23-28-15)6-7-24-8-9-27-16(24)26/h1-5,10H,6-9H2. The van der Waals surface area contributed by atoms with Gasteiger partial charge in [-0.05, 0) is 12.1 Å². The Morgan fingerprint density at radius 3 is 2.64 bits per heavy atom. The molecule has 1 aromatic carbocycles. The number of cyclic esters (lactones) is 1. The molecule has 0 saturated carbocycles. The minimum absolute atomic E-state index is 0.0875. The lowest BCUT2D eigenvalue weighted by molar-refractivity contribution is -0.142. The van der Waals surface area contributed by atoms with Crippen LogP contribution in [0.15, 0.2) is 40.9 Å². The molecule has 1 amide bonds. The van der Waals surface area contributed by atoms with Crippen molar-refractivity contribution in [2.75, 3.05) is 19.7 Å². The Morgan fingerprint density at radius 2 is 1.96 bits per heavy atom.